The highest BCUT2D eigenvalue weighted by molar-refractivity contribution is 14.0. The molecule has 0 fully saturated rings. The van der Waals surface area contributed by atoms with Crippen molar-refractivity contribution in [3.05, 3.63) is 46.7 Å². The number of thiophene rings is 1. The number of methoxy groups -OCH3 is 1. The first-order valence-corrected chi connectivity index (χ1v) is 11.5. The maximum atomic E-state index is 5.72. The summed E-state index contributed by atoms with van der Waals surface area (Å²) >= 11 is 1.78. The lowest BCUT2D eigenvalue weighted by Gasteiger charge is -2.14. The molecule has 0 saturated carbocycles. The zero-order chi connectivity index (χ0) is 21.4. The highest BCUT2D eigenvalue weighted by Gasteiger charge is 2.03. The number of hydrogen-bond acceptors (Lipinski definition) is 5. The molecule has 2 aromatic rings. The van der Waals surface area contributed by atoms with Gasteiger partial charge in [-0.2, -0.15) is 0 Å². The van der Waals surface area contributed by atoms with Crippen LogP contribution in [-0.4, -0.2) is 52.1 Å². The van der Waals surface area contributed by atoms with Crippen LogP contribution in [0.1, 0.15) is 31.6 Å². The second kappa shape index (κ2) is 17.2. The van der Waals surface area contributed by atoms with Crippen LogP contribution in [-0.2, 0) is 15.9 Å². The van der Waals surface area contributed by atoms with Gasteiger partial charge in [-0.1, -0.05) is 6.07 Å². The van der Waals surface area contributed by atoms with E-state index < -0.39 is 0 Å². The molecule has 0 unspecified atom stereocenters. The summed E-state index contributed by atoms with van der Waals surface area (Å²) in [4.78, 5) is 6.09. The summed E-state index contributed by atoms with van der Waals surface area (Å²) in [5.74, 6) is 1.66. The summed E-state index contributed by atoms with van der Waals surface area (Å²) in [6.07, 6.45) is 3.11. The average Bonchev–Trinajstić information content (AvgIpc) is 3.24. The topological polar surface area (TPSA) is 64.1 Å². The Bertz CT molecular complexity index is 709. The number of ether oxygens (including phenoxy) is 3. The van der Waals surface area contributed by atoms with E-state index in [1.165, 1.54) is 4.88 Å². The highest BCUT2D eigenvalue weighted by Crippen LogP contribution is 2.17. The van der Waals surface area contributed by atoms with Crippen LogP contribution in [0.4, 0.5) is 5.69 Å². The van der Waals surface area contributed by atoms with Gasteiger partial charge in [0.25, 0.3) is 0 Å². The second-order valence-corrected chi connectivity index (χ2v) is 8.15. The van der Waals surface area contributed by atoms with E-state index in [0.29, 0.717) is 13.2 Å². The molecule has 174 valence electrons. The molecule has 0 atom stereocenters. The molecule has 0 spiro atoms. The lowest BCUT2D eigenvalue weighted by Crippen LogP contribution is -2.32. The van der Waals surface area contributed by atoms with Crippen molar-refractivity contribution in [1.29, 1.82) is 0 Å². The van der Waals surface area contributed by atoms with E-state index in [9.17, 15) is 0 Å². The number of unbranched alkanes of at least 4 members (excludes halogenated alkanes) is 1. The van der Waals surface area contributed by atoms with E-state index in [1.807, 2.05) is 38.1 Å². The van der Waals surface area contributed by atoms with E-state index >= 15 is 0 Å². The third kappa shape index (κ3) is 12.9. The summed E-state index contributed by atoms with van der Waals surface area (Å²) in [6.45, 7) is 7.66. The van der Waals surface area contributed by atoms with Crippen molar-refractivity contribution < 1.29 is 14.2 Å². The smallest absolute Gasteiger partial charge is 0.195 e. The molecule has 8 heteroatoms. The van der Waals surface area contributed by atoms with Crippen molar-refractivity contribution in [2.24, 2.45) is 4.99 Å². The van der Waals surface area contributed by atoms with E-state index in [1.54, 1.807) is 18.4 Å². The van der Waals surface area contributed by atoms with Crippen LogP contribution < -0.4 is 15.4 Å². The minimum Gasteiger partial charge on any atom is -0.491 e. The standard InChI is InChI=1S/C23H35N3O3S.HI/c1-19(2)29-21-10-8-20(9-11-21)26-23(25-14-12-22-7-6-18-30-22)24-13-4-5-15-28-17-16-27-3;/h6-11,18-19H,4-5,12-17H2,1-3H3,(H2,24,25,26);1H. The fourth-order valence-electron chi connectivity index (χ4n) is 2.68. The third-order valence-electron chi connectivity index (χ3n) is 4.13. The van der Waals surface area contributed by atoms with Gasteiger partial charge in [0.1, 0.15) is 5.75 Å². The summed E-state index contributed by atoms with van der Waals surface area (Å²) < 4.78 is 16.2. The van der Waals surface area contributed by atoms with Crippen molar-refractivity contribution in [2.75, 3.05) is 45.3 Å². The maximum Gasteiger partial charge on any atom is 0.195 e. The zero-order valence-electron chi connectivity index (χ0n) is 18.8. The van der Waals surface area contributed by atoms with Gasteiger partial charge in [0.05, 0.1) is 19.3 Å². The number of rotatable bonds is 14. The Morgan fingerprint density at radius 2 is 1.87 bits per heavy atom. The fourth-order valence-corrected chi connectivity index (χ4v) is 3.38. The number of guanidine groups is 1. The van der Waals surface area contributed by atoms with Gasteiger partial charge in [-0.25, -0.2) is 0 Å². The van der Waals surface area contributed by atoms with Crippen LogP contribution in [0.15, 0.2) is 46.8 Å². The summed E-state index contributed by atoms with van der Waals surface area (Å²) in [5.41, 5.74) is 0.983. The summed E-state index contributed by atoms with van der Waals surface area (Å²) in [7, 11) is 1.68. The number of benzene rings is 1. The Kier molecular flexibility index (Phi) is 15.4. The van der Waals surface area contributed by atoms with E-state index in [4.69, 9.17) is 19.2 Å². The predicted octanol–water partition coefficient (Wildman–Crippen LogP) is 5.20. The van der Waals surface area contributed by atoms with Gasteiger partial charge in [-0.3, -0.25) is 4.99 Å². The van der Waals surface area contributed by atoms with Gasteiger partial charge < -0.3 is 24.8 Å². The number of anilines is 1. The molecule has 0 saturated heterocycles. The van der Waals surface area contributed by atoms with Crippen molar-refractivity contribution in [3.63, 3.8) is 0 Å². The number of nitrogens with zero attached hydrogens (tertiary/aromatic N) is 1. The number of hydrogen-bond donors (Lipinski definition) is 2. The van der Waals surface area contributed by atoms with E-state index in [0.717, 1.165) is 56.4 Å². The minimum absolute atomic E-state index is 0. The number of nitrogens with one attached hydrogen (secondary N) is 2. The van der Waals surface area contributed by atoms with Crippen molar-refractivity contribution in [2.45, 2.75) is 39.2 Å². The molecule has 0 radical (unpaired) electrons. The average molecular weight is 562 g/mol. The molecule has 31 heavy (non-hydrogen) atoms. The normalized spacial score (nSPS) is 11.3. The third-order valence-corrected chi connectivity index (χ3v) is 5.07. The van der Waals surface area contributed by atoms with Gasteiger partial charge in [-0.05, 0) is 68.8 Å². The monoisotopic (exact) mass is 561 g/mol. The first kappa shape index (κ1) is 27.7. The fraction of sp³-hybridized carbons (Fsp3) is 0.522. The molecular weight excluding hydrogens is 525 g/mol. The predicted molar refractivity (Wildman–Crippen MR) is 142 cm³/mol. The van der Waals surface area contributed by atoms with E-state index in [-0.39, 0.29) is 30.1 Å². The second-order valence-electron chi connectivity index (χ2n) is 7.11. The molecule has 0 aliphatic heterocycles. The van der Waals surface area contributed by atoms with Crippen LogP contribution in [0.2, 0.25) is 0 Å². The molecule has 6 nitrogen and oxygen atoms in total. The maximum absolute atomic E-state index is 5.72. The van der Waals surface area contributed by atoms with Gasteiger partial charge in [-0.15, -0.1) is 35.3 Å². The zero-order valence-corrected chi connectivity index (χ0v) is 21.9. The first-order chi connectivity index (χ1) is 14.7. The van der Waals surface area contributed by atoms with Crippen LogP contribution in [0.25, 0.3) is 0 Å². The van der Waals surface area contributed by atoms with Gasteiger partial charge in [0.2, 0.25) is 0 Å². The van der Waals surface area contributed by atoms with Gasteiger partial charge in [0.15, 0.2) is 5.96 Å². The molecule has 1 aromatic heterocycles. The molecule has 0 amide bonds. The molecule has 0 aliphatic carbocycles. The Hall–Kier alpha value is -1.36. The van der Waals surface area contributed by atoms with Crippen LogP contribution in [0, 0.1) is 0 Å². The molecule has 1 aromatic carbocycles. The van der Waals surface area contributed by atoms with Crippen LogP contribution in [0.3, 0.4) is 0 Å². The first-order valence-electron chi connectivity index (χ1n) is 10.6. The van der Waals surface area contributed by atoms with Gasteiger partial charge >= 0.3 is 0 Å². The largest absolute Gasteiger partial charge is 0.491 e. The minimum atomic E-state index is 0. The highest BCUT2D eigenvalue weighted by atomic mass is 127. The molecule has 2 N–H and O–H groups in total. The van der Waals surface area contributed by atoms with Crippen molar-refractivity contribution in [3.8, 4) is 5.75 Å². The van der Waals surface area contributed by atoms with Crippen LogP contribution >= 0.6 is 35.3 Å². The van der Waals surface area contributed by atoms with Crippen LogP contribution in [0.5, 0.6) is 5.75 Å². The Labute approximate surface area is 207 Å². The molecule has 2 rings (SSSR count). The Morgan fingerprint density at radius 3 is 2.55 bits per heavy atom. The molecule has 1 heterocycles. The Morgan fingerprint density at radius 1 is 1.06 bits per heavy atom. The van der Waals surface area contributed by atoms with Crippen molar-refractivity contribution >= 4 is 47.0 Å². The number of halogens is 1. The summed E-state index contributed by atoms with van der Waals surface area (Å²) in [6, 6.07) is 12.2. The Balaban J connectivity index is 0.00000480. The number of aliphatic imine (C=N–C) groups is 1. The summed E-state index contributed by atoms with van der Waals surface area (Å²) in [5, 5.41) is 8.95. The molecule has 0 aliphatic rings. The molecular formula is C23H36IN3O3S. The molecule has 0 bridgehead atoms. The lowest BCUT2D eigenvalue weighted by atomic mass is 10.3. The van der Waals surface area contributed by atoms with E-state index in [2.05, 4.69) is 28.1 Å². The quantitative estimate of drug-likeness (QED) is 0.144. The van der Waals surface area contributed by atoms with Gasteiger partial charge in [0, 0.05) is 37.4 Å². The lowest BCUT2D eigenvalue weighted by molar-refractivity contribution is 0.0690. The van der Waals surface area contributed by atoms with Crippen molar-refractivity contribution in [1.82, 2.24) is 5.32 Å². The SMILES string of the molecule is COCCOCCCCN=C(NCCc1cccs1)Nc1ccc(OC(C)C)cc1.I.